The van der Waals surface area contributed by atoms with Crippen molar-refractivity contribution in [2.45, 2.75) is 6.54 Å². The predicted molar refractivity (Wildman–Crippen MR) is 123 cm³/mol. The number of nitrogens with zero attached hydrogens (tertiary/aromatic N) is 3. The highest BCUT2D eigenvalue weighted by atomic mass is 16.1. The highest BCUT2D eigenvalue weighted by molar-refractivity contribution is 6.05. The number of hydrogen-bond acceptors (Lipinski definition) is 6. The minimum Gasteiger partial charge on any atom is -0.386 e. The molecule has 0 fully saturated rings. The Hall–Kier alpha value is -4.26. The van der Waals surface area contributed by atoms with E-state index in [-0.39, 0.29) is 5.91 Å². The average molecular weight is 410 g/mol. The molecule has 154 valence electrons. The quantitative estimate of drug-likeness (QED) is 0.417. The Bertz CT molecular complexity index is 1160. The van der Waals surface area contributed by atoms with Gasteiger partial charge in [0.2, 0.25) is 5.95 Å². The molecule has 1 amide bonds. The Kier molecular flexibility index (Phi) is 6.13. The normalized spacial score (nSPS) is 10.4. The molecule has 2 aromatic carbocycles. The SMILES string of the molecule is CNc1ccccc1NC(=O)c1ccc(CNc2nccc(-c3cccnc3)n2)cc1. The lowest BCUT2D eigenvalue weighted by molar-refractivity contribution is 0.102. The van der Waals surface area contributed by atoms with Crippen molar-refractivity contribution in [2.24, 2.45) is 0 Å². The van der Waals surface area contributed by atoms with E-state index >= 15 is 0 Å². The predicted octanol–water partition coefficient (Wildman–Crippen LogP) is 4.44. The first-order valence-corrected chi connectivity index (χ1v) is 9.87. The van der Waals surface area contributed by atoms with Crippen molar-refractivity contribution in [1.82, 2.24) is 15.0 Å². The Labute approximate surface area is 180 Å². The number of carbonyl (C=O) groups is 1. The molecule has 0 bridgehead atoms. The molecule has 31 heavy (non-hydrogen) atoms. The molecule has 3 N–H and O–H groups in total. The van der Waals surface area contributed by atoms with E-state index in [9.17, 15) is 4.79 Å². The van der Waals surface area contributed by atoms with Crippen LogP contribution in [0.25, 0.3) is 11.3 Å². The van der Waals surface area contributed by atoms with E-state index in [4.69, 9.17) is 0 Å². The lowest BCUT2D eigenvalue weighted by Gasteiger charge is -2.11. The van der Waals surface area contributed by atoms with Crippen LogP contribution in [0.4, 0.5) is 17.3 Å². The van der Waals surface area contributed by atoms with Crippen LogP contribution in [-0.4, -0.2) is 27.9 Å². The molecule has 0 aliphatic rings. The topological polar surface area (TPSA) is 91.8 Å². The molecule has 7 nitrogen and oxygen atoms in total. The number of carbonyl (C=O) groups excluding carboxylic acids is 1. The third-order valence-electron chi connectivity index (χ3n) is 4.72. The summed E-state index contributed by atoms with van der Waals surface area (Å²) in [6.07, 6.45) is 5.21. The van der Waals surface area contributed by atoms with Gasteiger partial charge in [-0.05, 0) is 48.0 Å². The maximum absolute atomic E-state index is 12.6. The van der Waals surface area contributed by atoms with Crippen molar-refractivity contribution < 1.29 is 4.79 Å². The number of nitrogens with one attached hydrogen (secondary N) is 3. The molecule has 0 saturated heterocycles. The van der Waals surface area contributed by atoms with Crippen molar-refractivity contribution in [3.8, 4) is 11.3 Å². The number of anilines is 3. The first kappa shape index (κ1) is 20.0. The van der Waals surface area contributed by atoms with Crippen LogP contribution in [0.5, 0.6) is 0 Å². The fourth-order valence-corrected chi connectivity index (χ4v) is 3.08. The van der Waals surface area contributed by atoms with E-state index in [1.54, 1.807) is 30.7 Å². The van der Waals surface area contributed by atoms with Gasteiger partial charge in [-0.1, -0.05) is 24.3 Å². The number of hydrogen-bond donors (Lipinski definition) is 3. The molecule has 0 aliphatic heterocycles. The second kappa shape index (κ2) is 9.49. The van der Waals surface area contributed by atoms with Crippen LogP contribution in [0, 0.1) is 0 Å². The second-order valence-electron chi connectivity index (χ2n) is 6.81. The average Bonchev–Trinajstić information content (AvgIpc) is 2.84. The van der Waals surface area contributed by atoms with E-state index in [0.717, 1.165) is 28.2 Å². The molecule has 7 heteroatoms. The fraction of sp³-hybridized carbons (Fsp3) is 0.0833. The van der Waals surface area contributed by atoms with Crippen molar-refractivity contribution in [2.75, 3.05) is 23.0 Å². The van der Waals surface area contributed by atoms with E-state index < -0.39 is 0 Å². The monoisotopic (exact) mass is 410 g/mol. The molecule has 2 heterocycles. The van der Waals surface area contributed by atoms with E-state index in [0.29, 0.717) is 18.1 Å². The summed E-state index contributed by atoms with van der Waals surface area (Å²) in [5.41, 5.74) is 4.95. The maximum Gasteiger partial charge on any atom is 0.255 e. The number of pyridine rings is 1. The van der Waals surface area contributed by atoms with Crippen LogP contribution >= 0.6 is 0 Å². The molecule has 0 saturated carbocycles. The van der Waals surface area contributed by atoms with Gasteiger partial charge in [0.1, 0.15) is 0 Å². The minimum absolute atomic E-state index is 0.158. The number of benzene rings is 2. The van der Waals surface area contributed by atoms with Crippen LogP contribution in [0.1, 0.15) is 15.9 Å². The van der Waals surface area contributed by atoms with Crippen LogP contribution < -0.4 is 16.0 Å². The summed E-state index contributed by atoms with van der Waals surface area (Å²) in [5.74, 6) is 0.376. The zero-order valence-electron chi connectivity index (χ0n) is 17.0. The Morgan fingerprint density at radius 3 is 2.45 bits per heavy atom. The zero-order chi connectivity index (χ0) is 21.5. The van der Waals surface area contributed by atoms with Gasteiger partial charge in [-0.15, -0.1) is 0 Å². The Balaban J connectivity index is 1.38. The second-order valence-corrected chi connectivity index (χ2v) is 6.81. The molecule has 0 unspecified atom stereocenters. The number of amides is 1. The number of aromatic nitrogens is 3. The molecule has 0 radical (unpaired) electrons. The summed E-state index contributed by atoms with van der Waals surface area (Å²) in [5, 5.41) is 9.23. The lowest BCUT2D eigenvalue weighted by atomic mass is 10.1. The van der Waals surface area contributed by atoms with E-state index in [1.165, 1.54) is 0 Å². The van der Waals surface area contributed by atoms with Gasteiger partial charge in [0, 0.05) is 43.3 Å². The largest absolute Gasteiger partial charge is 0.386 e. The van der Waals surface area contributed by atoms with E-state index in [2.05, 4.69) is 30.9 Å². The fourth-order valence-electron chi connectivity index (χ4n) is 3.08. The lowest BCUT2D eigenvalue weighted by Crippen LogP contribution is -2.13. The van der Waals surface area contributed by atoms with Gasteiger partial charge in [0.25, 0.3) is 5.91 Å². The van der Waals surface area contributed by atoms with Gasteiger partial charge in [0.15, 0.2) is 0 Å². The summed E-state index contributed by atoms with van der Waals surface area (Å²) in [6.45, 7) is 0.543. The third kappa shape index (κ3) is 5.02. The molecule has 2 aromatic heterocycles. The number of rotatable bonds is 7. The molecule has 4 aromatic rings. The van der Waals surface area contributed by atoms with Crippen LogP contribution in [0.2, 0.25) is 0 Å². The smallest absolute Gasteiger partial charge is 0.255 e. The van der Waals surface area contributed by atoms with Gasteiger partial charge < -0.3 is 16.0 Å². The van der Waals surface area contributed by atoms with Crippen LogP contribution in [-0.2, 0) is 6.54 Å². The summed E-state index contributed by atoms with van der Waals surface area (Å²) >= 11 is 0. The van der Waals surface area contributed by atoms with Crippen LogP contribution in [0.15, 0.2) is 85.3 Å². The Morgan fingerprint density at radius 2 is 1.71 bits per heavy atom. The van der Waals surface area contributed by atoms with Gasteiger partial charge in [-0.2, -0.15) is 0 Å². The summed E-state index contributed by atoms with van der Waals surface area (Å²) in [7, 11) is 1.82. The number of para-hydroxylation sites is 2. The molecule has 4 rings (SSSR count). The van der Waals surface area contributed by atoms with Crippen molar-refractivity contribution in [3.05, 3.63) is 96.4 Å². The molecular weight excluding hydrogens is 388 g/mol. The zero-order valence-corrected chi connectivity index (χ0v) is 17.0. The van der Waals surface area contributed by atoms with E-state index in [1.807, 2.05) is 61.6 Å². The molecule has 0 atom stereocenters. The highest BCUT2D eigenvalue weighted by Crippen LogP contribution is 2.21. The van der Waals surface area contributed by atoms with Crippen molar-refractivity contribution in [1.29, 1.82) is 0 Å². The minimum atomic E-state index is -0.158. The van der Waals surface area contributed by atoms with Crippen molar-refractivity contribution in [3.63, 3.8) is 0 Å². The van der Waals surface area contributed by atoms with Gasteiger partial charge in [-0.3, -0.25) is 9.78 Å². The van der Waals surface area contributed by atoms with Gasteiger partial charge >= 0.3 is 0 Å². The maximum atomic E-state index is 12.6. The summed E-state index contributed by atoms with van der Waals surface area (Å²) < 4.78 is 0. The first-order valence-electron chi connectivity index (χ1n) is 9.87. The molecule has 0 spiro atoms. The van der Waals surface area contributed by atoms with Crippen molar-refractivity contribution >= 4 is 23.2 Å². The third-order valence-corrected chi connectivity index (χ3v) is 4.72. The standard InChI is InChI=1S/C24H22N6O/c1-25-21-6-2-3-7-22(21)29-23(31)18-10-8-17(9-11-18)15-28-24-27-14-12-20(30-24)19-5-4-13-26-16-19/h2-14,16,25H,15H2,1H3,(H,29,31)(H,27,28,30). The summed E-state index contributed by atoms with van der Waals surface area (Å²) in [4.78, 5) is 25.5. The highest BCUT2D eigenvalue weighted by Gasteiger charge is 2.09. The molecule has 0 aliphatic carbocycles. The van der Waals surface area contributed by atoms with Crippen LogP contribution in [0.3, 0.4) is 0 Å². The Morgan fingerprint density at radius 1 is 0.903 bits per heavy atom. The van der Waals surface area contributed by atoms with Gasteiger partial charge in [-0.25, -0.2) is 9.97 Å². The first-order chi connectivity index (χ1) is 15.2. The van der Waals surface area contributed by atoms with Gasteiger partial charge in [0.05, 0.1) is 17.1 Å². The molecular formula is C24H22N6O. The summed E-state index contributed by atoms with van der Waals surface area (Å²) in [6, 6.07) is 20.7.